The Morgan fingerprint density at radius 1 is 1.23 bits per heavy atom. The smallest absolute Gasteiger partial charge is 0.255 e. The van der Waals surface area contributed by atoms with E-state index >= 15 is 0 Å². The molecule has 0 N–H and O–H groups in total. The number of nitrogens with zero attached hydrogens (tertiary/aromatic N) is 5. The van der Waals surface area contributed by atoms with Crippen molar-refractivity contribution in [2.45, 2.75) is 37.7 Å². The van der Waals surface area contributed by atoms with Crippen LogP contribution in [0.3, 0.4) is 0 Å². The Balaban J connectivity index is 1.22. The van der Waals surface area contributed by atoms with E-state index in [9.17, 15) is 4.79 Å². The zero-order chi connectivity index (χ0) is 17.5. The van der Waals surface area contributed by atoms with Crippen LogP contribution in [0.5, 0.6) is 0 Å². The van der Waals surface area contributed by atoms with Gasteiger partial charge in [0.1, 0.15) is 0 Å². The lowest BCUT2D eigenvalue weighted by molar-refractivity contribution is 0.0603. The van der Waals surface area contributed by atoms with Gasteiger partial charge in [-0.15, -0.1) is 10.2 Å². The van der Waals surface area contributed by atoms with Crippen molar-refractivity contribution in [1.29, 1.82) is 0 Å². The molecule has 5 rings (SSSR count). The molecule has 2 saturated heterocycles. The molecule has 0 radical (unpaired) electrons. The largest absolute Gasteiger partial charge is 0.425 e. The van der Waals surface area contributed by atoms with Gasteiger partial charge in [0.15, 0.2) is 0 Å². The molecule has 2 aromatic heterocycles. The van der Waals surface area contributed by atoms with Crippen LogP contribution in [0, 0.1) is 11.8 Å². The number of hydrogen-bond donors (Lipinski definition) is 0. The van der Waals surface area contributed by atoms with Gasteiger partial charge in [-0.05, 0) is 31.2 Å². The molecule has 2 aliphatic heterocycles. The van der Waals surface area contributed by atoms with Crippen molar-refractivity contribution >= 4 is 5.91 Å². The summed E-state index contributed by atoms with van der Waals surface area (Å²) < 4.78 is 11.8. The van der Waals surface area contributed by atoms with Crippen LogP contribution < -0.4 is 0 Å². The number of likely N-dealkylation sites (tertiary alicyclic amines) is 1. The summed E-state index contributed by atoms with van der Waals surface area (Å²) in [6.45, 7) is 2.14. The zero-order valence-corrected chi connectivity index (χ0v) is 14.5. The number of aromatic nitrogens is 4. The number of carbonyl (C=O) groups excluding carboxylic acids is 1. The van der Waals surface area contributed by atoms with Crippen LogP contribution in [0.2, 0.25) is 0 Å². The highest BCUT2D eigenvalue weighted by atomic mass is 16.5. The first-order chi connectivity index (χ1) is 12.8. The normalized spacial score (nSPS) is 28.2. The van der Waals surface area contributed by atoms with E-state index in [-0.39, 0.29) is 12.0 Å². The van der Waals surface area contributed by atoms with Gasteiger partial charge in [-0.1, -0.05) is 0 Å². The fourth-order valence-corrected chi connectivity index (χ4v) is 4.10. The molecule has 4 heterocycles. The van der Waals surface area contributed by atoms with E-state index < -0.39 is 0 Å². The minimum Gasteiger partial charge on any atom is -0.425 e. The van der Waals surface area contributed by atoms with Crippen LogP contribution in [0.25, 0.3) is 0 Å². The highest BCUT2D eigenvalue weighted by molar-refractivity contribution is 5.93. The molecule has 3 aliphatic rings. The summed E-state index contributed by atoms with van der Waals surface area (Å²) in [5.41, 5.74) is 0.590. The number of fused-ring (bicyclic) bond motifs is 1. The first-order valence-corrected chi connectivity index (χ1v) is 9.28. The molecule has 8 heteroatoms. The van der Waals surface area contributed by atoms with Gasteiger partial charge in [0.05, 0.1) is 37.1 Å². The molecule has 1 aliphatic carbocycles. The summed E-state index contributed by atoms with van der Waals surface area (Å²) in [6, 6.07) is 1.71. The van der Waals surface area contributed by atoms with Gasteiger partial charge in [-0.25, -0.2) is 0 Å². The molecule has 0 unspecified atom stereocenters. The molecule has 1 saturated carbocycles. The minimum atomic E-state index is 0.0211. The van der Waals surface area contributed by atoms with Crippen molar-refractivity contribution in [2.75, 3.05) is 19.7 Å². The van der Waals surface area contributed by atoms with Crippen molar-refractivity contribution in [3.63, 3.8) is 0 Å². The summed E-state index contributed by atoms with van der Waals surface area (Å²) in [4.78, 5) is 14.5. The highest BCUT2D eigenvalue weighted by Gasteiger charge is 2.42. The minimum absolute atomic E-state index is 0.0211. The SMILES string of the molecule is O=C(c1ccnnc1)N1CC[C@@H]2[C@@H](CO[C@H]2Cc2nnc(C3CC3)o2)C1. The Hall–Kier alpha value is -2.35. The van der Waals surface area contributed by atoms with Gasteiger partial charge in [-0.2, -0.15) is 10.2 Å². The third kappa shape index (κ3) is 2.98. The number of rotatable bonds is 4. The van der Waals surface area contributed by atoms with Gasteiger partial charge < -0.3 is 14.1 Å². The Morgan fingerprint density at radius 3 is 2.96 bits per heavy atom. The van der Waals surface area contributed by atoms with Gasteiger partial charge in [0, 0.05) is 24.9 Å². The lowest BCUT2D eigenvalue weighted by Crippen LogP contribution is -2.44. The predicted molar refractivity (Wildman–Crippen MR) is 89.2 cm³/mol. The quantitative estimate of drug-likeness (QED) is 0.819. The van der Waals surface area contributed by atoms with Gasteiger partial charge in [0.25, 0.3) is 5.91 Å². The summed E-state index contributed by atoms with van der Waals surface area (Å²) in [5.74, 6) is 2.75. The molecule has 2 aromatic rings. The number of hydrogen-bond acceptors (Lipinski definition) is 7. The summed E-state index contributed by atoms with van der Waals surface area (Å²) >= 11 is 0. The fourth-order valence-electron chi connectivity index (χ4n) is 4.10. The van der Waals surface area contributed by atoms with Gasteiger partial charge in [0.2, 0.25) is 11.8 Å². The Kier molecular flexibility index (Phi) is 3.92. The van der Waals surface area contributed by atoms with Crippen LogP contribution in [-0.2, 0) is 11.2 Å². The van der Waals surface area contributed by atoms with Crippen molar-refractivity contribution in [3.8, 4) is 0 Å². The van der Waals surface area contributed by atoms with Crippen LogP contribution >= 0.6 is 0 Å². The van der Waals surface area contributed by atoms with Crippen molar-refractivity contribution < 1.29 is 13.9 Å². The van der Waals surface area contributed by atoms with Crippen molar-refractivity contribution in [1.82, 2.24) is 25.3 Å². The van der Waals surface area contributed by atoms with E-state index in [1.54, 1.807) is 12.3 Å². The van der Waals surface area contributed by atoms with Crippen LogP contribution in [0.4, 0.5) is 0 Å². The van der Waals surface area contributed by atoms with Gasteiger partial charge in [-0.3, -0.25) is 4.79 Å². The molecule has 8 nitrogen and oxygen atoms in total. The lowest BCUT2D eigenvalue weighted by atomic mass is 9.83. The van der Waals surface area contributed by atoms with E-state index in [0.29, 0.717) is 42.2 Å². The van der Waals surface area contributed by atoms with Crippen LogP contribution in [-0.4, -0.2) is 57.0 Å². The van der Waals surface area contributed by atoms with Gasteiger partial charge >= 0.3 is 0 Å². The van der Waals surface area contributed by atoms with E-state index in [4.69, 9.17) is 9.15 Å². The van der Waals surface area contributed by atoms with E-state index in [2.05, 4.69) is 20.4 Å². The molecule has 0 spiro atoms. The maximum atomic E-state index is 12.6. The molecule has 0 bridgehead atoms. The Labute approximate surface area is 150 Å². The maximum Gasteiger partial charge on any atom is 0.255 e. The van der Waals surface area contributed by atoms with Crippen molar-refractivity contribution in [2.24, 2.45) is 11.8 Å². The molecule has 136 valence electrons. The third-order valence-electron chi connectivity index (χ3n) is 5.70. The number of amides is 1. The third-order valence-corrected chi connectivity index (χ3v) is 5.70. The molecular formula is C18H21N5O3. The first-order valence-electron chi connectivity index (χ1n) is 9.28. The fraction of sp³-hybridized carbons (Fsp3) is 0.611. The maximum absolute atomic E-state index is 12.6. The number of ether oxygens (including phenoxy) is 1. The standard InChI is InChI=1S/C18H21N5O3/c24-18(12-3-5-19-20-8-12)23-6-4-14-13(9-23)10-25-15(14)7-16-21-22-17(26-16)11-1-2-11/h3,5,8,11,13-15H,1-2,4,6-7,9-10H2/t13-,14-,15+/m1/s1. The summed E-state index contributed by atoms with van der Waals surface area (Å²) in [6.07, 6.45) is 7.09. The monoisotopic (exact) mass is 355 g/mol. The van der Waals surface area contributed by atoms with E-state index in [0.717, 1.165) is 38.2 Å². The summed E-state index contributed by atoms with van der Waals surface area (Å²) in [5, 5.41) is 15.9. The second-order valence-corrected chi connectivity index (χ2v) is 7.48. The molecule has 1 amide bonds. The zero-order valence-electron chi connectivity index (χ0n) is 14.5. The highest BCUT2D eigenvalue weighted by Crippen LogP contribution is 2.40. The van der Waals surface area contributed by atoms with Crippen molar-refractivity contribution in [3.05, 3.63) is 35.8 Å². The Bertz CT molecular complexity index is 791. The molecular weight excluding hydrogens is 334 g/mol. The number of piperidine rings is 1. The summed E-state index contributed by atoms with van der Waals surface area (Å²) in [7, 11) is 0. The molecule has 3 atom stereocenters. The molecule has 0 aromatic carbocycles. The average molecular weight is 355 g/mol. The van der Waals surface area contributed by atoms with Crippen LogP contribution in [0.1, 0.15) is 47.3 Å². The number of carbonyl (C=O) groups is 1. The Morgan fingerprint density at radius 2 is 2.15 bits per heavy atom. The van der Waals surface area contributed by atoms with E-state index in [1.807, 2.05) is 4.90 Å². The topological polar surface area (TPSA) is 94.2 Å². The van der Waals surface area contributed by atoms with Crippen LogP contribution in [0.15, 0.2) is 22.9 Å². The molecule has 26 heavy (non-hydrogen) atoms. The first kappa shape index (κ1) is 15.9. The second kappa shape index (κ2) is 6.42. The average Bonchev–Trinajstić information content (AvgIpc) is 3.31. The van der Waals surface area contributed by atoms with E-state index in [1.165, 1.54) is 6.20 Å². The second-order valence-electron chi connectivity index (χ2n) is 7.48. The molecule has 3 fully saturated rings. The lowest BCUT2D eigenvalue weighted by Gasteiger charge is -2.35. The predicted octanol–water partition coefficient (Wildman–Crippen LogP) is 1.46.